The molecule has 1 aromatic carbocycles. The van der Waals surface area contributed by atoms with E-state index in [1.807, 2.05) is 13.8 Å². The van der Waals surface area contributed by atoms with E-state index in [2.05, 4.69) is 10.3 Å². The Morgan fingerprint density at radius 1 is 1.31 bits per heavy atom. The second-order valence-corrected chi connectivity index (χ2v) is 7.36. The van der Waals surface area contributed by atoms with Gasteiger partial charge in [0, 0.05) is 25.5 Å². The molecule has 29 heavy (non-hydrogen) atoms. The summed E-state index contributed by atoms with van der Waals surface area (Å²) in [5.74, 6) is -1.11. The number of benzene rings is 1. The van der Waals surface area contributed by atoms with E-state index in [0.717, 1.165) is 0 Å². The van der Waals surface area contributed by atoms with Gasteiger partial charge in [0.1, 0.15) is 18.1 Å². The maximum atomic E-state index is 12.4. The Morgan fingerprint density at radius 3 is 2.59 bits per heavy atom. The van der Waals surface area contributed by atoms with E-state index in [0.29, 0.717) is 18.6 Å². The van der Waals surface area contributed by atoms with E-state index >= 15 is 0 Å². The fraction of sp³-hybridized carbons (Fsp3) is 0.400. The van der Waals surface area contributed by atoms with Gasteiger partial charge in [0.25, 0.3) is 0 Å². The quantitative estimate of drug-likeness (QED) is 0.173. The topological polar surface area (TPSA) is 125 Å². The van der Waals surface area contributed by atoms with Crippen LogP contribution in [0, 0.1) is 5.41 Å². The van der Waals surface area contributed by atoms with E-state index < -0.39 is 5.97 Å². The summed E-state index contributed by atoms with van der Waals surface area (Å²) in [7, 11) is 0. The molecule has 0 unspecified atom stereocenters. The molecule has 8 nitrogen and oxygen atoms in total. The summed E-state index contributed by atoms with van der Waals surface area (Å²) < 4.78 is 5.43. The molecular formula is C20H23FmN2O6-. The molecule has 0 bridgehead atoms. The number of aliphatic hydroxyl groups excluding tert-OH is 1. The SMILES string of the molecule is CC(=Nc1cc(OCCN[C-]=O)cc(C(=O)O)c1)C1=C(O)CC(C)(C)CC1=O.[Fm]. The normalized spacial score (nSPS) is 16.1. The molecule has 0 radical (unpaired) electrons. The van der Waals surface area contributed by atoms with Gasteiger partial charge in [0.15, 0.2) is 5.78 Å². The number of hydrogen-bond donors (Lipinski definition) is 3. The third-order valence-corrected chi connectivity index (χ3v) is 4.22. The largest absolute Gasteiger partial charge is 0.527 e. The first kappa shape index (κ1) is 22.9. The van der Waals surface area contributed by atoms with Gasteiger partial charge in [0.2, 0.25) is 0 Å². The van der Waals surface area contributed by atoms with Gasteiger partial charge in [-0.15, -0.1) is 0 Å². The van der Waals surface area contributed by atoms with Crippen LogP contribution in [0.4, 0.5) is 5.69 Å². The van der Waals surface area contributed by atoms with Crippen LogP contribution in [-0.4, -0.2) is 47.2 Å². The molecular weight excluding hydrogens is 621 g/mol. The first-order valence-corrected chi connectivity index (χ1v) is 8.75. The number of ketones is 1. The number of nitrogens with one attached hydrogen (secondary N) is 1. The fourth-order valence-electron chi connectivity index (χ4n) is 3.07. The molecule has 9 heteroatoms. The first-order chi connectivity index (χ1) is 13.1. The molecule has 0 saturated heterocycles. The third-order valence-electron chi connectivity index (χ3n) is 4.22. The predicted octanol–water partition coefficient (Wildman–Crippen LogP) is 2.71. The Hall–Kier alpha value is -4.16. The standard InChI is InChI=1S/C20H23N2O6.Fm/c1-12(18-16(24)9-20(2,3)10-17(18)25)22-14-6-13(19(26)27)7-15(8-14)28-5-4-21-11-23;/h6-8,24H,4-5,9-10H2,1-3H3,(H,21,23)(H,26,27);/q-1;. The number of aromatic carboxylic acids is 1. The fourth-order valence-corrected chi connectivity index (χ4v) is 3.07. The Bertz CT molecular complexity index is 861. The van der Waals surface area contributed by atoms with Gasteiger partial charge < -0.3 is 25.1 Å². The molecule has 0 aliphatic heterocycles. The second kappa shape index (κ2) is 9.16. The second-order valence-electron chi connectivity index (χ2n) is 7.36. The number of amides is 1. The van der Waals surface area contributed by atoms with Crippen molar-refractivity contribution in [3.63, 3.8) is 0 Å². The van der Waals surface area contributed by atoms with E-state index in [4.69, 9.17) is 4.74 Å². The van der Waals surface area contributed by atoms with Gasteiger partial charge in [-0.3, -0.25) is 9.79 Å². The van der Waals surface area contributed by atoms with Crippen LogP contribution in [0.5, 0.6) is 5.75 Å². The number of rotatable bonds is 8. The summed E-state index contributed by atoms with van der Waals surface area (Å²) in [6, 6.07) is 4.22. The van der Waals surface area contributed by atoms with Crippen LogP contribution in [0.15, 0.2) is 34.5 Å². The number of carboxylic acids is 1. The zero-order chi connectivity index (χ0) is 20.9. The summed E-state index contributed by atoms with van der Waals surface area (Å²) >= 11 is 0. The van der Waals surface area contributed by atoms with Gasteiger partial charge >= 0.3 is 5.97 Å². The summed E-state index contributed by atoms with van der Waals surface area (Å²) in [5, 5.41) is 21.9. The van der Waals surface area contributed by atoms with Crippen molar-refractivity contribution in [2.75, 3.05) is 13.2 Å². The van der Waals surface area contributed by atoms with Gasteiger partial charge in [-0.2, -0.15) is 6.41 Å². The minimum absolute atomic E-state index is 0. The maximum absolute atomic E-state index is 12.4. The van der Waals surface area contributed by atoms with Crippen LogP contribution in [0.2, 0.25) is 0 Å². The molecule has 2 rings (SSSR count). The number of carbonyl (C=O) groups is 2. The zero-order valence-electron chi connectivity index (χ0n) is 16.3. The average Bonchev–Trinajstić information content (AvgIpc) is 2.56. The van der Waals surface area contributed by atoms with Crippen molar-refractivity contribution in [1.29, 1.82) is 0 Å². The van der Waals surface area contributed by atoms with E-state index in [1.54, 1.807) is 6.92 Å². The number of aliphatic hydroxyl groups is 1. The van der Waals surface area contributed by atoms with Crippen molar-refractivity contribution in [3.05, 3.63) is 35.1 Å². The van der Waals surface area contributed by atoms with E-state index in [-0.39, 0.29) is 52.7 Å². The molecule has 0 aromatic heterocycles. The maximum Gasteiger partial charge on any atom is 0.335 e. The number of allylic oxidation sites excluding steroid dienone is 2. The smallest absolute Gasteiger partial charge is 0.335 e. The van der Waals surface area contributed by atoms with Crippen LogP contribution < -0.4 is 10.1 Å². The minimum Gasteiger partial charge on any atom is -0.527 e. The van der Waals surface area contributed by atoms with Crippen molar-refractivity contribution in [2.24, 2.45) is 10.4 Å². The number of Topliss-reactive ketones (excluding diaryl/α,β-unsaturated/α-hetero) is 1. The molecule has 1 aliphatic rings. The van der Waals surface area contributed by atoms with Gasteiger partial charge in [-0.05, 0) is 24.5 Å². The van der Waals surface area contributed by atoms with Crippen molar-refractivity contribution >= 4 is 29.6 Å². The van der Waals surface area contributed by atoms with Crippen LogP contribution in [0.25, 0.3) is 0 Å². The molecule has 0 heterocycles. The summed E-state index contributed by atoms with van der Waals surface area (Å²) in [6.07, 6.45) is 2.18. The van der Waals surface area contributed by atoms with Gasteiger partial charge in [-0.1, -0.05) is 13.8 Å². The number of nitrogens with zero attached hydrogens (tertiary/aromatic N) is 1. The van der Waals surface area contributed by atoms with E-state index in [9.17, 15) is 24.6 Å². The summed E-state index contributed by atoms with van der Waals surface area (Å²) in [4.78, 5) is 38.3. The van der Waals surface area contributed by atoms with Crippen molar-refractivity contribution in [3.8, 4) is 5.75 Å². The third kappa shape index (κ3) is 5.92. The molecule has 0 saturated carbocycles. The molecule has 0 spiro atoms. The Kier molecular flexibility index (Phi) is 7.23. The molecule has 3 N–H and O–H groups in total. The van der Waals surface area contributed by atoms with Crippen LogP contribution in [0.1, 0.15) is 44.0 Å². The predicted molar refractivity (Wildman–Crippen MR) is 103 cm³/mol. The number of carbonyl (C=O) groups excluding carboxylic acids is 2. The Morgan fingerprint density at radius 2 is 2.00 bits per heavy atom. The monoisotopic (exact) mass is 644 g/mol. The van der Waals surface area contributed by atoms with Crippen LogP contribution in [0.3, 0.4) is 0 Å². The number of carboxylic acid groups (broad SMARTS) is 1. The number of hydrogen-bond acceptors (Lipinski definition) is 6. The molecule has 0 atom stereocenters. The zero-order valence-corrected chi connectivity index (χ0v) is 18.7. The Balaban J connectivity index is 0.00000420. The molecule has 1 aromatic rings. The van der Waals surface area contributed by atoms with Crippen LogP contribution >= 0.6 is 0 Å². The average molecular weight is 644 g/mol. The molecule has 1 amide bonds. The van der Waals surface area contributed by atoms with Gasteiger partial charge in [0.05, 0.1) is 22.5 Å². The Labute approximate surface area is 162 Å². The number of ether oxygens (including phenoxy) is 1. The van der Waals surface area contributed by atoms with E-state index in [1.165, 1.54) is 24.6 Å². The molecule has 0 fully saturated rings. The van der Waals surface area contributed by atoms with Crippen molar-refractivity contribution < 1.29 is 29.3 Å². The number of aliphatic imine (C=N–C) groups is 1. The van der Waals surface area contributed by atoms with Gasteiger partial charge in [-0.25, -0.2) is 4.79 Å². The minimum atomic E-state index is -1.16. The summed E-state index contributed by atoms with van der Waals surface area (Å²) in [5.41, 5.74) is 0.410. The molecule has 162 valence electrons. The van der Waals surface area contributed by atoms with Crippen molar-refractivity contribution in [2.45, 2.75) is 33.6 Å². The van der Waals surface area contributed by atoms with Crippen molar-refractivity contribution in [1.82, 2.24) is 5.32 Å². The van der Waals surface area contributed by atoms with Crippen LogP contribution in [-0.2, 0) is 9.59 Å². The summed E-state index contributed by atoms with van der Waals surface area (Å²) in [6.45, 7) is 5.74. The molecule has 1 aliphatic carbocycles. The first-order valence-electron chi connectivity index (χ1n) is 8.75.